The van der Waals surface area contributed by atoms with Gasteiger partial charge in [-0.05, 0) is 43.9 Å². The summed E-state index contributed by atoms with van der Waals surface area (Å²) in [6.07, 6.45) is 3.97. The van der Waals surface area contributed by atoms with Gasteiger partial charge in [0.25, 0.3) is 5.91 Å². The van der Waals surface area contributed by atoms with Gasteiger partial charge < -0.3 is 20.7 Å². The molecule has 0 aliphatic carbocycles. The molecule has 3 N–H and O–H groups in total. The molecule has 1 rings (SSSR count). The Labute approximate surface area is 162 Å². The number of guanidine groups is 1. The van der Waals surface area contributed by atoms with Crippen molar-refractivity contribution < 1.29 is 14.3 Å². The zero-order valence-electron chi connectivity index (χ0n) is 16.6. The predicted molar refractivity (Wildman–Crippen MR) is 108 cm³/mol. The molecule has 0 saturated carbocycles. The number of benzene rings is 1. The number of rotatable bonds is 11. The Morgan fingerprint density at radius 1 is 1.15 bits per heavy atom. The van der Waals surface area contributed by atoms with E-state index in [0.717, 1.165) is 50.3 Å². The van der Waals surface area contributed by atoms with Crippen LogP contribution in [0, 0.1) is 0 Å². The second-order valence-corrected chi connectivity index (χ2v) is 6.10. The van der Waals surface area contributed by atoms with E-state index < -0.39 is 0 Å². The molecule has 1 amide bonds. The lowest BCUT2D eigenvalue weighted by molar-refractivity contribution is -0.140. The fourth-order valence-electron chi connectivity index (χ4n) is 2.53. The first kappa shape index (κ1) is 22.5. The van der Waals surface area contributed by atoms with E-state index in [1.54, 1.807) is 7.05 Å². The minimum absolute atomic E-state index is 0.0769. The maximum Gasteiger partial charge on any atom is 0.305 e. The van der Waals surface area contributed by atoms with Crippen LogP contribution in [0.2, 0.25) is 0 Å². The van der Waals surface area contributed by atoms with Crippen molar-refractivity contribution in [2.24, 2.45) is 4.99 Å². The van der Waals surface area contributed by atoms with E-state index in [0.29, 0.717) is 18.5 Å². The summed E-state index contributed by atoms with van der Waals surface area (Å²) in [5.41, 5.74) is 1.77. The van der Waals surface area contributed by atoms with Crippen molar-refractivity contribution in [3.63, 3.8) is 0 Å². The lowest BCUT2D eigenvalue weighted by atomic mass is 10.1. The molecule has 150 valence electrons. The van der Waals surface area contributed by atoms with Gasteiger partial charge in [-0.1, -0.05) is 18.6 Å². The highest BCUT2D eigenvalue weighted by molar-refractivity contribution is 5.94. The molecule has 0 unspecified atom stereocenters. The number of aliphatic imine (C=N–C) groups is 1. The molecule has 0 heterocycles. The van der Waals surface area contributed by atoms with Crippen LogP contribution in [-0.4, -0.2) is 51.6 Å². The summed E-state index contributed by atoms with van der Waals surface area (Å²) in [5, 5.41) is 9.18. The summed E-state index contributed by atoms with van der Waals surface area (Å²) >= 11 is 0. The third-order valence-corrected chi connectivity index (χ3v) is 4.00. The van der Waals surface area contributed by atoms with Gasteiger partial charge in [0.05, 0.1) is 7.11 Å². The normalized spacial score (nSPS) is 11.0. The maximum atomic E-state index is 11.7. The molecule has 7 nitrogen and oxygen atoms in total. The number of nitrogens with one attached hydrogen (secondary N) is 3. The van der Waals surface area contributed by atoms with Crippen LogP contribution in [0.15, 0.2) is 29.3 Å². The first-order chi connectivity index (χ1) is 13.1. The van der Waals surface area contributed by atoms with Crippen LogP contribution in [0.25, 0.3) is 0 Å². The van der Waals surface area contributed by atoms with Crippen LogP contribution in [0.3, 0.4) is 0 Å². The first-order valence-electron chi connectivity index (χ1n) is 9.50. The average molecular weight is 377 g/mol. The average Bonchev–Trinajstić information content (AvgIpc) is 2.69. The van der Waals surface area contributed by atoms with E-state index in [1.165, 1.54) is 7.11 Å². The molecule has 0 bridgehead atoms. The molecule has 0 aromatic heterocycles. The molecule has 0 atom stereocenters. The van der Waals surface area contributed by atoms with Crippen molar-refractivity contribution in [1.82, 2.24) is 16.0 Å². The van der Waals surface area contributed by atoms with Crippen molar-refractivity contribution in [3.8, 4) is 0 Å². The molecule has 1 aromatic rings. The summed E-state index contributed by atoms with van der Waals surface area (Å²) in [4.78, 5) is 27.3. The Bertz CT molecular complexity index is 617. The van der Waals surface area contributed by atoms with Gasteiger partial charge in [-0.25, -0.2) is 0 Å². The number of carbonyl (C=O) groups is 2. The van der Waals surface area contributed by atoms with E-state index in [2.05, 4.69) is 25.7 Å². The minimum Gasteiger partial charge on any atom is -0.469 e. The van der Waals surface area contributed by atoms with E-state index in [9.17, 15) is 9.59 Å². The zero-order valence-corrected chi connectivity index (χ0v) is 16.6. The number of hydrogen-bond acceptors (Lipinski definition) is 4. The van der Waals surface area contributed by atoms with E-state index >= 15 is 0 Å². The number of carbonyl (C=O) groups excluding carboxylic acids is 2. The van der Waals surface area contributed by atoms with Gasteiger partial charge in [-0.3, -0.25) is 14.6 Å². The summed E-state index contributed by atoms with van der Waals surface area (Å²) in [7, 11) is 3.04. The Hall–Kier alpha value is -2.57. The highest BCUT2D eigenvalue weighted by Crippen LogP contribution is 2.06. The summed E-state index contributed by atoms with van der Waals surface area (Å²) in [6.45, 7) is 4.26. The summed E-state index contributed by atoms with van der Waals surface area (Å²) in [5.74, 6) is 0.550. The van der Waals surface area contributed by atoms with E-state index in [-0.39, 0.29) is 11.9 Å². The predicted octanol–water partition coefficient (Wildman–Crippen LogP) is 1.88. The van der Waals surface area contributed by atoms with E-state index in [1.807, 2.05) is 31.2 Å². The number of ether oxygens (including phenoxy) is 1. The highest BCUT2D eigenvalue weighted by atomic mass is 16.5. The van der Waals surface area contributed by atoms with Gasteiger partial charge >= 0.3 is 5.97 Å². The Morgan fingerprint density at radius 2 is 1.96 bits per heavy atom. The van der Waals surface area contributed by atoms with Gasteiger partial charge in [-0.2, -0.15) is 0 Å². The van der Waals surface area contributed by atoms with Crippen molar-refractivity contribution in [2.75, 3.05) is 33.8 Å². The third-order valence-electron chi connectivity index (χ3n) is 4.00. The molecule has 0 saturated heterocycles. The molecule has 0 spiro atoms. The third kappa shape index (κ3) is 9.63. The van der Waals surface area contributed by atoms with Crippen LogP contribution in [0.5, 0.6) is 0 Å². The number of unbranched alkanes of at least 4 members (excludes halogenated alkanes) is 2. The SMILES string of the molecule is CCNC(=NCCCCCC(=O)OC)NCCc1cccc(C(=O)NC)c1. The van der Waals surface area contributed by atoms with Gasteiger partial charge in [-0.15, -0.1) is 0 Å². The number of nitrogens with zero attached hydrogens (tertiary/aromatic N) is 1. The van der Waals surface area contributed by atoms with Crippen molar-refractivity contribution in [1.29, 1.82) is 0 Å². The van der Waals surface area contributed by atoms with Crippen LogP contribution in [0.1, 0.15) is 48.5 Å². The van der Waals surface area contributed by atoms with Gasteiger partial charge in [0.15, 0.2) is 5.96 Å². The lowest BCUT2D eigenvalue weighted by Crippen LogP contribution is -2.38. The molecule has 7 heteroatoms. The summed E-state index contributed by atoms with van der Waals surface area (Å²) < 4.78 is 4.63. The van der Waals surface area contributed by atoms with Gasteiger partial charge in [0, 0.05) is 38.7 Å². The quantitative estimate of drug-likeness (QED) is 0.237. The molecule has 0 radical (unpaired) electrons. The largest absolute Gasteiger partial charge is 0.469 e. The molecule has 27 heavy (non-hydrogen) atoms. The monoisotopic (exact) mass is 376 g/mol. The smallest absolute Gasteiger partial charge is 0.305 e. The number of amides is 1. The van der Waals surface area contributed by atoms with Crippen LogP contribution < -0.4 is 16.0 Å². The van der Waals surface area contributed by atoms with Crippen molar-refractivity contribution in [2.45, 2.75) is 39.0 Å². The second-order valence-electron chi connectivity index (χ2n) is 6.10. The van der Waals surface area contributed by atoms with Crippen molar-refractivity contribution in [3.05, 3.63) is 35.4 Å². The topological polar surface area (TPSA) is 91.8 Å². The van der Waals surface area contributed by atoms with Crippen LogP contribution in [0.4, 0.5) is 0 Å². The number of methoxy groups -OCH3 is 1. The molecular weight excluding hydrogens is 344 g/mol. The Kier molecular flexibility index (Phi) is 11.3. The summed E-state index contributed by atoms with van der Waals surface area (Å²) in [6, 6.07) is 7.63. The lowest BCUT2D eigenvalue weighted by Gasteiger charge is -2.11. The second kappa shape index (κ2) is 13.6. The van der Waals surface area contributed by atoms with E-state index in [4.69, 9.17) is 0 Å². The molecule has 1 aromatic carbocycles. The molecule has 0 aliphatic heterocycles. The molecule has 0 aliphatic rings. The van der Waals surface area contributed by atoms with Crippen LogP contribution in [-0.2, 0) is 16.0 Å². The standard InChI is InChI=1S/C20H32N4O3/c1-4-22-20(23-13-7-5-6-11-18(25)27-3)24-14-12-16-9-8-10-17(15-16)19(26)21-2/h8-10,15H,4-7,11-14H2,1-3H3,(H,21,26)(H2,22,23,24). The van der Waals surface area contributed by atoms with Crippen molar-refractivity contribution >= 4 is 17.8 Å². The zero-order chi connectivity index (χ0) is 19.9. The van der Waals surface area contributed by atoms with Gasteiger partial charge in [0.2, 0.25) is 0 Å². The molecular formula is C20H32N4O3. The number of esters is 1. The Balaban J connectivity index is 2.37. The molecule has 0 fully saturated rings. The minimum atomic E-state index is -0.158. The first-order valence-corrected chi connectivity index (χ1v) is 9.50. The van der Waals surface area contributed by atoms with Crippen LogP contribution >= 0.6 is 0 Å². The highest BCUT2D eigenvalue weighted by Gasteiger charge is 2.04. The fourth-order valence-corrected chi connectivity index (χ4v) is 2.53. The number of hydrogen-bond donors (Lipinski definition) is 3. The Morgan fingerprint density at radius 3 is 2.67 bits per heavy atom. The van der Waals surface area contributed by atoms with Gasteiger partial charge in [0.1, 0.15) is 0 Å². The maximum absolute atomic E-state index is 11.7. The fraction of sp³-hybridized carbons (Fsp3) is 0.550.